The van der Waals surface area contributed by atoms with Crippen LogP contribution in [0.15, 0.2) is 43.2 Å². The Kier molecular flexibility index (Phi) is 6.90. The molecule has 2 aromatic heterocycles. The van der Waals surface area contributed by atoms with Crippen molar-refractivity contribution in [2.75, 3.05) is 6.54 Å². The molecule has 0 aliphatic rings. The van der Waals surface area contributed by atoms with Crippen molar-refractivity contribution in [2.24, 2.45) is 0 Å². The summed E-state index contributed by atoms with van der Waals surface area (Å²) in [5.41, 5.74) is 2.31. The van der Waals surface area contributed by atoms with Gasteiger partial charge in [0.05, 0.1) is 0 Å². The number of thiophene rings is 1. The quantitative estimate of drug-likeness (QED) is 0.880. The van der Waals surface area contributed by atoms with Crippen LogP contribution in [0.1, 0.15) is 29.2 Å². The Morgan fingerprint density at radius 3 is 2.47 bits per heavy atom. The number of pyridine rings is 1. The summed E-state index contributed by atoms with van der Waals surface area (Å²) in [6.07, 6.45) is 4.64. The lowest BCUT2D eigenvalue weighted by molar-refractivity contribution is 0.849. The third-order valence-electron chi connectivity index (χ3n) is 2.54. The first-order valence-corrected chi connectivity index (χ1v) is 7.46. The topological polar surface area (TPSA) is 24.9 Å². The van der Waals surface area contributed by atoms with Crippen LogP contribution in [0.25, 0.3) is 5.70 Å². The monoisotopic (exact) mass is 274 g/mol. The molecule has 3 heteroatoms. The fourth-order valence-electron chi connectivity index (χ4n) is 1.59. The van der Waals surface area contributed by atoms with E-state index in [0.717, 1.165) is 18.7 Å². The molecule has 2 nitrogen and oxygen atoms in total. The van der Waals surface area contributed by atoms with Crippen molar-refractivity contribution >= 4 is 17.0 Å². The molecule has 0 saturated carbocycles. The van der Waals surface area contributed by atoms with Crippen LogP contribution in [0.4, 0.5) is 0 Å². The fraction of sp³-hybridized carbons (Fsp3) is 0.312. The highest BCUT2D eigenvalue weighted by Gasteiger charge is 2.00. The van der Waals surface area contributed by atoms with Crippen LogP contribution in [-0.2, 0) is 6.42 Å². The van der Waals surface area contributed by atoms with Gasteiger partial charge < -0.3 is 5.32 Å². The van der Waals surface area contributed by atoms with Crippen LogP contribution in [0.3, 0.4) is 0 Å². The highest BCUT2D eigenvalue weighted by molar-refractivity contribution is 7.13. The van der Waals surface area contributed by atoms with Crippen molar-refractivity contribution in [3.63, 3.8) is 0 Å². The van der Waals surface area contributed by atoms with E-state index in [9.17, 15) is 0 Å². The van der Waals surface area contributed by atoms with E-state index < -0.39 is 0 Å². The Balaban J connectivity index is 0.000000861. The number of aryl methyl sites for hydroxylation is 1. The lowest BCUT2D eigenvalue weighted by Crippen LogP contribution is -2.14. The van der Waals surface area contributed by atoms with Crippen molar-refractivity contribution in [1.29, 1.82) is 0 Å². The van der Waals surface area contributed by atoms with E-state index in [4.69, 9.17) is 0 Å². The molecule has 0 saturated heterocycles. The summed E-state index contributed by atoms with van der Waals surface area (Å²) in [5.74, 6) is 0. The first-order chi connectivity index (χ1) is 9.25. The van der Waals surface area contributed by atoms with Gasteiger partial charge in [0, 0.05) is 34.4 Å². The largest absolute Gasteiger partial charge is 0.384 e. The highest BCUT2D eigenvalue weighted by Crippen LogP contribution is 2.20. The predicted molar refractivity (Wildman–Crippen MR) is 85.4 cm³/mol. The number of rotatable bonds is 5. The molecule has 102 valence electrons. The van der Waals surface area contributed by atoms with Crippen molar-refractivity contribution < 1.29 is 0 Å². The predicted octanol–water partition coefficient (Wildman–Crippen LogP) is 4.28. The summed E-state index contributed by atoms with van der Waals surface area (Å²) < 4.78 is 0. The minimum Gasteiger partial charge on any atom is -0.384 e. The average molecular weight is 274 g/mol. The lowest BCUT2D eigenvalue weighted by atomic mass is 10.2. The van der Waals surface area contributed by atoms with Gasteiger partial charge in [-0.1, -0.05) is 20.4 Å². The number of aromatic nitrogens is 1. The van der Waals surface area contributed by atoms with Crippen molar-refractivity contribution in [2.45, 2.75) is 27.2 Å². The van der Waals surface area contributed by atoms with E-state index >= 15 is 0 Å². The van der Waals surface area contributed by atoms with Gasteiger partial charge in [0.2, 0.25) is 0 Å². The average Bonchev–Trinajstić information content (AvgIpc) is 2.89. The van der Waals surface area contributed by atoms with Crippen LogP contribution < -0.4 is 5.32 Å². The van der Waals surface area contributed by atoms with Crippen molar-refractivity contribution in [3.05, 3.63) is 58.6 Å². The molecule has 0 fully saturated rings. The molecule has 0 aliphatic heterocycles. The van der Waals surface area contributed by atoms with Crippen molar-refractivity contribution in [3.8, 4) is 0 Å². The molecule has 2 aromatic rings. The highest BCUT2D eigenvalue weighted by atomic mass is 32.1. The second-order valence-electron chi connectivity index (χ2n) is 3.92. The summed E-state index contributed by atoms with van der Waals surface area (Å²) in [6, 6.07) is 8.32. The van der Waals surface area contributed by atoms with Crippen LogP contribution in [-0.4, -0.2) is 11.5 Å². The normalized spacial score (nSPS) is 9.42. The second-order valence-corrected chi connectivity index (χ2v) is 5.21. The fourth-order valence-corrected chi connectivity index (χ4v) is 2.41. The number of nitrogens with one attached hydrogen (secondary N) is 1. The Labute approximate surface area is 120 Å². The van der Waals surface area contributed by atoms with Crippen molar-refractivity contribution in [1.82, 2.24) is 10.3 Å². The molecule has 0 radical (unpaired) electrons. The molecule has 0 bridgehead atoms. The Morgan fingerprint density at radius 1 is 1.21 bits per heavy atom. The van der Waals surface area contributed by atoms with Gasteiger partial charge in [-0.25, -0.2) is 0 Å². The summed E-state index contributed by atoms with van der Waals surface area (Å²) in [6.45, 7) is 11.1. The molecular formula is C16H22N2S. The van der Waals surface area contributed by atoms with Gasteiger partial charge in [0.25, 0.3) is 0 Å². The molecule has 0 spiro atoms. The first-order valence-electron chi connectivity index (χ1n) is 6.64. The lowest BCUT2D eigenvalue weighted by Gasteiger charge is -2.07. The molecule has 2 rings (SSSR count). The molecule has 0 aliphatic carbocycles. The molecule has 1 N–H and O–H groups in total. The minimum atomic E-state index is 0.903. The van der Waals surface area contributed by atoms with E-state index in [1.807, 2.05) is 38.4 Å². The van der Waals surface area contributed by atoms with Gasteiger partial charge in [-0.15, -0.1) is 11.3 Å². The van der Waals surface area contributed by atoms with Crippen LogP contribution in [0, 0.1) is 6.92 Å². The number of hydrogen-bond donors (Lipinski definition) is 1. The third kappa shape index (κ3) is 5.26. The summed E-state index contributed by atoms with van der Waals surface area (Å²) in [4.78, 5) is 6.54. The summed E-state index contributed by atoms with van der Waals surface area (Å²) in [7, 11) is 0. The molecule has 0 amide bonds. The smallest absolute Gasteiger partial charge is 0.0498 e. The van der Waals surface area contributed by atoms with Crippen LogP contribution in [0.2, 0.25) is 0 Å². The van der Waals surface area contributed by atoms with E-state index in [2.05, 4.69) is 35.9 Å². The van der Waals surface area contributed by atoms with Crippen LogP contribution in [0.5, 0.6) is 0 Å². The molecule has 0 unspecified atom stereocenters. The standard InChI is InChI=1S/C14H16N2S.C2H6/c1-11-3-4-14(17-11)12(2)16-10-7-13-5-8-15-9-6-13;1-2/h3-6,8-9,16H,2,7,10H2,1H3;1-2H3. The zero-order valence-corrected chi connectivity index (χ0v) is 12.8. The molecule has 19 heavy (non-hydrogen) atoms. The third-order valence-corrected chi connectivity index (χ3v) is 3.60. The SMILES string of the molecule is C=C(NCCc1ccncc1)c1ccc(C)s1.CC. The maximum atomic E-state index is 4.06. The van der Waals surface area contributed by atoms with Gasteiger partial charge in [-0.3, -0.25) is 4.98 Å². The molecular weight excluding hydrogens is 252 g/mol. The van der Waals surface area contributed by atoms with E-state index in [1.54, 1.807) is 11.3 Å². The van der Waals surface area contributed by atoms with E-state index in [0.29, 0.717) is 0 Å². The van der Waals surface area contributed by atoms with Gasteiger partial charge >= 0.3 is 0 Å². The van der Waals surface area contributed by atoms with E-state index in [-0.39, 0.29) is 0 Å². The maximum absolute atomic E-state index is 4.06. The zero-order chi connectivity index (χ0) is 14.1. The maximum Gasteiger partial charge on any atom is 0.0498 e. The number of nitrogens with zero attached hydrogens (tertiary/aromatic N) is 1. The summed E-state index contributed by atoms with van der Waals surface area (Å²) >= 11 is 1.77. The Bertz CT molecular complexity index is 488. The Hall–Kier alpha value is -1.61. The van der Waals surface area contributed by atoms with E-state index in [1.165, 1.54) is 15.3 Å². The summed E-state index contributed by atoms with van der Waals surface area (Å²) in [5, 5.41) is 3.36. The second kappa shape index (κ2) is 8.48. The van der Waals surface area contributed by atoms with Gasteiger partial charge in [-0.05, 0) is 43.2 Å². The molecule has 0 atom stereocenters. The zero-order valence-electron chi connectivity index (χ0n) is 11.9. The first kappa shape index (κ1) is 15.4. The molecule has 2 heterocycles. The van der Waals surface area contributed by atoms with Gasteiger partial charge in [-0.2, -0.15) is 0 Å². The number of hydrogen-bond acceptors (Lipinski definition) is 3. The minimum absolute atomic E-state index is 0.903. The van der Waals surface area contributed by atoms with Gasteiger partial charge in [0.1, 0.15) is 0 Å². The van der Waals surface area contributed by atoms with Crippen LogP contribution >= 0.6 is 11.3 Å². The Morgan fingerprint density at radius 2 is 1.89 bits per heavy atom. The molecule has 0 aromatic carbocycles. The van der Waals surface area contributed by atoms with Gasteiger partial charge in [0.15, 0.2) is 0 Å².